The van der Waals surface area contributed by atoms with Crippen LogP contribution in [0.5, 0.6) is 0 Å². The molecule has 6 nitrogen and oxygen atoms in total. The second kappa shape index (κ2) is 7.12. The molecule has 0 aliphatic carbocycles. The van der Waals surface area contributed by atoms with Crippen LogP contribution < -0.4 is 11.5 Å². The van der Waals surface area contributed by atoms with Gasteiger partial charge in [0.1, 0.15) is 0 Å². The van der Waals surface area contributed by atoms with E-state index in [1.165, 1.54) is 12.4 Å². The van der Waals surface area contributed by atoms with Crippen LogP contribution in [0.2, 0.25) is 0 Å². The molecule has 0 amide bonds. The quantitative estimate of drug-likeness (QED) is 0.390. The third-order valence-corrected chi connectivity index (χ3v) is 2.95. The number of benzene rings is 1. The maximum Gasteiger partial charge on any atom is 0.220 e. The van der Waals surface area contributed by atoms with Crippen molar-refractivity contribution in [1.82, 2.24) is 4.98 Å². The van der Waals surface area contributed by atoms with Crippen LogP contribution in [0.1, 0.15) is 22.3 Å². The van der Waals surface area contributed by atoms with E-state index in [0.29, 0.717) is 16.9 Å². The Balaban J connectivity index is 2.02. The standard InChI is InChI=1S/C16H17N5O/c1-11-4-5-13(17)9-14(11)21-16(18)20-8-6-15(22)12-3-2-7-19-10-12/h2-5,7-10H,6,17H2,1H3,(H2,18,21). The summed E-state index contributed by atoms with van der Waals surface area (Å²) >= 11 is 0. The average molecular weight is 295 g/mol. The van der Waals surface area contributed by atoms with Gasteiger partial charge in [-0.3, -0.25) is 9.78 Å². The monoisotopic (exact) mass is 295 g/mol. The molecule has 2 aromatic rings. The average Bonchev–Trinajstić information content (AvgIpc) is 2.51. The van der Waals surface area contributed by atoms with Crippen molar-refractivity contribution in [3.8, 4) is 0 Å². The molecule has 0 atom stereocenters. The molecule has 112 valence electrons. The lowest BCUT2D eigenvalue weighted by atomic mass is 10.1. The summed E-state index contributed by atoms with van der Waals surface area (Å²) in [5.41, 5.74) is 14.2. The van der Waals surface area contributed by atoms with E-state index < -0.39 is 0 Å². The highest BCUT2D eigenvalue weighted by molar-refractivity contribution is 6.05. The molecule has 0 fully saturated rings. The highest BCUT2D eigenvalue weighted by Gasteiger charge is 2.03. The lowest BCUT2D eigenvalue weighted by molar-refractivity contribution is 0.100. The van der Waals surface area contributed by atoms with Crippen molar-refractivity contribution in [2.45, 2.75) is 13.3 Å². The number of aryl methyl sites for hydroxylation is 1. The van der Waals surface area contributed by atoms with Crippen molar-refractivity contribution in [1.29, 1.82) is 0 Å². The number of hydrogen-bond acceptors (Lipinski definition) is 4. The number of Topliss-reactive ketones (excluding diaryl/α,β-unsaturated/α-hetero) is 1. The number of pyridine rings is 1. The minimum atomic E-state index is -0.0789. The minimum absolute atomic E-state index is 0.0766. The largest absolute Gasteiger partial charge is 0.399 e. The van der Waals surface area contributed by atoms with Gasteiger partial charge in [0.15, 0.2) is 5.78 Å². The van der Waals surface area contributed by atoms with Gasteiger partial charge in [-0.15, -0.1) is 0 Å². The van der Waals surface area contributed by atoms with Crippen molar-refractivity contribution in [3.63, 3.8) is 0 Å². The van der Waals surface area contributed by atoms with Crippen molar-refractivity contribution in [2.24, 2.45) is 15.7 Å². The third kappa shape index (κ3) is 4.24. The van der Waals surface area contributed by atoms with Crippen LogP contribution in [0.4, 0.5) is 11.4 Å². The molecule has 0 bridgehead atoms. The molecule has 4 N–H and O–H groups in total. The zero-order valence-electron chi connectivity index (χ0n) is 12.2. The number of anilines is 1. The molecule has 0 unspecified atom stereocenters. The number of nitrogens with zero attached hydrogens (tertiary/aromatic N) is 3. The van der Waals surface area contributed by atoms with Gasteiger partial charge in [-0.1, -0.05) is 6.07 Å². The fraction of sp³-hybridized carbons (Fsp3) is 0.125. The Bertz CT molecular complexity index is 723. The van der Waals surface area contributed by atoms with Crippen molar-refractivity contribution in [2.75, 3.05) is 5.73 Å². The lowest BCUT2D eigenvalue weighted by Gasteiger charge is -2.01. The fourth-order valence-corrected chi connectivity index (χ4v) is 1.77. The van der Waals surface area contributed by atoms with Crippen LogP contribution >= 0.6 is 0 Å². The SMILES string of the molecule is Cc1ccc(N)cc1N=C(N)N=CCC(=O)c1cccnc1. The van der Waals surface area contributed by atoms with E-state index in [1.54, 1.807) is 30.5 Å². The number of carbonyl (C=O) groups is 1. The number of nitrogens with two attached hydrogens (primary N) is 2. The number of aromatic nitrogens is 1. The number of nitrogen functional groups attached to an aromatic ring is 1. The Labute approximate surface area is 128 Å². The van der Waals surface area contributed by atoms with E-state index in [1.807, 2.05) is 13.0 Å². The van der Waals surface area contributed by atoms with Gasteiger partial charge in [0, 0.05) is 36.3 Å². The molecule has 0 aliphatic heterocycles. The highest BCUT2D eigenvalue weighted by Crippen LogP contribution is 2.21. The smallest absolute Gasteiger partial charge is 0.220 e. The Morgan fingerprint density at radius 3 is 2.91 bits per heavy atom. The van der Waals surface area contributed by atoms with Gasteiger partial charge in [0.05, 0.1) is 5.69 Å². The number of carbonyl (C=O) groups excluding carboxylic acids is 1. The van der Waals surface area contributed by atoms with Crippen LogP contribution in [0, 0.1) is 6.92 Å². The van der Waals surface area contributed by atoms with E-state index in [9.17, 15) is 4.79 Å². The number of hydrogen-bond donors (Lipinski definition) is 2. The molecular formula is C16H17N5O. The van der Waals surface area contributed by atoms with E-state index in [-0.39, 0.29) is 18.2 Å². The second-order valence-electron chi connectivity index (χ2n) is 4.70. The van der Waals surface area contributed by atoms with E-state index in [0.717, 1.165) is 5.56 Å². The lowest BCUT2D eigenvalue weighted by Crippen LogP contribution is -2.09. The number of aliphatic imine (C=N–C) groups is 2. The van der Waals surface area contributed by atoms with Crippen molar-refractivity contribution in [3.05, 3.63) is 53.9 Å². The first-order valence-corrected chi connectivity index (χ1v) is 6.72. The van der Waals surface area contributed by atoms with E-state index in [4.69, 9.17) is 11.5 Å². The number of ketones is 1. The second-order valence-corrected chi connectivity index (χ2v) is 4.70. The van der Waals surface area contributed by atoms with Gasteiger partial charge in [-0.25, -0.2) is 9.98 Å². The van der Waals surface area contributed by atoms with Crippen molar-refractivity contribution >= 4 is 29.3 Å². The zero-order chi connectivity index (χ0) is 15.9. The first-order valence-electron chi connectivity index (χ1n) is 6.72. The Morgan fingerprint density at radius 2 is 2.18 bits per heavy atom. The number of rotatable bonds is 4. The molecule has 0 spiro atoms. The zero-order valence-corrected chi connectivity index (χ0v) is 12.2. The molecule has 6 heteroatoms. The van der Waals surface area contributed by atoms with Gasteiger partial charge in [-0.2, -0.15) is 0 Å². The topological polar surface area (TPSA) is 107 Å². The third-order valence-electron chi connectivity index (χ3n) is 2.95. The van der Waals surface area contributed by atoms with E-state index >= 15 is 0 Å². The molecule has 0 saturated carbocycles. The highest BCUT2D eigenvalue weighted by atomic mass is 16.1. The maximum absolute atomic E-state index is 11.9. The van der Waals surface area contributed by atoms with Crippen LogP contribution in [0.3, 0.4) is 0 Å². The first kappa shape index (κ1) is 15.4. The van der Waals surface area contributed by atoms with Crippen LogP contribution in [-0.4, -0.2) is 22.9 Å². The molecule has 0 saturated heterocycles. The molecular weight excluding hydrogens is 278 g/mol. The van der Waals surface area contributed by atoms with Gasteiger partial charge in [0.25, 0.3) is 0 Å². The summed E-state index contributed by atoms with van der Waals surface area (Å²) in [6, 6.07) is 8.79. The molecule has 1 aromatic heterocycles. The molecule has 22 heavy (non-hydrogen) atoms. The summed E-state index contributed by atoms with van der Waals surface area (Å²) in [7, 11) is 0. The summed E-state index contributed by atoms with van der Waals surface area (Å²) in [6.07, 6.45) is 4.71. The van der Waals surface area contributed by atoms with Crippen LogP contribution in [0.15, 0.2) is 52.7 Å². The Kier molecular flexibility index (Phi) is 4.98. The Morgan fingerprint density at radius 1 is 1.36 bits per heavy atom. The molecule has 0 radical (unpaired) electrons. The minimum Gasteiger partial charge on any atom is -0.399 e. The summed E-state index contributed by atoms with van der Waals surface area (Å²) in [5, 5.41) is 0. The summed E-state index contributed by atoms with van der Waals surface area (Å²) in [5.74, 6) is -0.00234. The van der Waals surface area contributed by atoms with Gasteiger partial charge in [0.2, 0.25) is 5.96 Å². The summed E-state index contributed by atoms with van der Waals surface area (Å²) in [6.45, 7) is 1.90. The maximum atomic E-state index is 11.9. The summed E-state index contributed by atoms with van der Waals surface area (Å²) in [4.78, 5) is 23.9. The summed E-state index contributed by atoms with van der Waals surface area (Å²) < 4.78 is 0. The van der Waals surface area contributed by atoms with Gasteiger partial charge < -0.3 is 11.5 Å². The van der Waals surface area contributed by atoms with Crippen LogP contribution in [-0.2, 0) is 0 Å². The van der Waals surface area contributed by atoms with Crippen LogP contribution in [0.25, 0.3) is 0 Å². The first-order chi connectivity index (χ1) is 10.6. The van der Waals surface area contributed by atoms with E-state index in [2.05, 4.69) is 15.0 Å². The molecule has 0 aliphatic rings. The molecule has 1 heterocycles. The van der Waals surface area contributed by atoms with Gasteiger partial charge >= 0.3 is 0 Å². The van der Waals surface area contributed by atoms with Crippen molar-refractivity contribution < 1.29 is 4.79 Å². The van der Waals surface area contributed by atoms with Gasteiger partial charge in [-0.05, 0) is 36.8 Å². The predicted octanol–water partition coefficient (Wildman–Crippen LogP) is 2.26. The predicted molar refractivity (Wildman–Crippen MR) is 88.6 cm³/mol. The number of guanidine groups is 1. The molecule has 1 aromatic carbocycles. The normalized spacial score (nSPS) is 11.8. The Hall–Kier alpha value is -3.02. The molecule has 2 rings (SSSR count). The fourth-order valence-electron chi connectivity index (χ4n) is 1.77.